The van der Waals surface area contributed by atoms with Crippen molar-refractivity contribution in [1.29, 1.82) is 0 Å². The molecule has 3 heteroatoms. The maximum atomic E-state index is 5.81. The summed E-state index contributed by atoms with van der Waals surface area (Å²) in [7, 11) is 2.03. The quantitative estimate of drug-likeness (QED) is 0.836. The van der Waals surface area contributed by atoms with Crippen LogP contribution in [0.15, 0.2) is 18.2 Å². The lowest BCUT2D eigenvalue weighted by Gasteiger charge is -2.26. The van der Waals surface area contributed by atoms with Gasteiger partial charge in [0.05, 0.1) is 12.2 Å². The van der Waals surface area contributed by atoms with Crippen LogP contribution in [0.3, 0.4) is 0 Å². The largest absolute Gasteiger partial charge is 0.491 e. The van der Waals surface area contributed by atoms with Gasteiger partial charge in [0.2, 0.25) is 0 Å². The van der Waals surface area contributed by atoms with Gasteiger partial charge in [-0.2, -0.15) is 0 Å². The Morgan fingerprint density at radius 2 is 2.05 bits per heavy atom. The Morgan fingerprint density at radius 3 is 2.75 bits per heavy atom. The molecule has 2 rings (SSSR count). The van der Waals surface area contributed by atoms with E-state index in [1.165, 1.54) is 30.4 Å². The second-order valence-electron chi connectivity index (χ2n) is 6.40. The smallest absolute Gasteiger partial charge is 0.119 e. The zero-order valence-electron chi connectivity index (χ0n) is 13.2. The van der Waals surface area contributed by atoms with Crippen LogP contribution in [0.5, 0.6) is 5.75 Å². The Hall–Kier alpha value is -1.06. The minimum absolute atomic E-state index is 0.101. The monoisotopic (exact) mass is 277 g/mol. The Bertz CT molecular complexity index is 437. The van der Waals surface area contributed by atoms with E-state index in [1.54, 1.807) is 0 Å². The summed E-state index contributed by atoms with van der Waals surface area (Å²) < 4.78 is 11.5. The molecule has 1 unspecified atom stereocenters. The van der Waals surface area contributed by atoms with E-state index in [4.69, 9.17) is 9.47 Å². The van der Waals surface area contributed by atoms with Crippen LogP contribution in [0.4, 0.5) is 0 Å². The van der Waals surface area contributed by atoms with Gasteiger partial charge >= 0.3 is 0 Å². The molecule has 0 spiro atoms. The molecule has 1 aliphatic carbocycles. The Morgan fingerprint density at radius 1 is 1.25 bits per heavy atom. The van der Waals surface area contributed by atoms with E-state index in [0.717, 1.165) is 5.75 Å². The molecule has 0 fully saturated rings. The minimum Gasteiger partial charge on any atom is -0.491 e. The third-order valence-corrected chi connectivity index (χ3v) is 3.67. The molecule has 0 amide bonds. The summed E-state index contributed by atoms with van der Waals surface area (Å²) in [5, 5.41) is 3.39. The number of hydrogen-bond donors (Lipinski definition) is 1. The summed E-state index contributed by atoms with van der Waals surface area (Å²) in [5.41, 5.74) is 2.75. The number of nitrogens with one attached hydrogen (secondary N) is 1. The summed E-state index contributed by atoms with van der Waals surface area (Å²) in [4.78, 5) is 0. The van der Waals surface area contributed by atoms with Crippen molar-refractivity contribution in [3.8, 4) is 5.75 Å². The summed E-state index contributed by atoms with van der Waals surface area (Å²) in [6.07, 6.45) is 3.65. The maximum Gasteiger partial charge on any atom is 0.119 e. The average Bonchev–Trinajstić information content (AvgIpc) is 2.41. The van der Waals surface area contributed by atoms with Gasteiger partial charge in [0.25, 0.3) is 0 Å². The van der Waals surface area contributed by atoms with Crippen LogP contribution < -0.4 is 10.1 Å². The van der Waals surface area contributed by atoms with Crippen LogP contribution in [0.25, 0.3) is 0 Å². The highest BCUT2D eigenvalue weighted by Gasteiger charge is 2.19. The molecule has 0 heterocycles. The van der Waals surface area contributed by atoms with Gasteiger partial charge in [-0.3, -0.25) is 0 Å². The van der Waals surface area contributed by atoms with Crippen molar-refractivity contribution >= 4 is 0 Å². The highest BCUT2D eigenvalue weighted by molar-refractivity contribution is 5.39. The minimum atomic E-state index is -0.101. The third-order valence-electron chi connectivity index (χ3n) is 3.67. The first-order chi connectivity index (χ1) is 9.49. The first kappa shape index (κ1) is 15.3. The van der Waals surface area contributed by atoms with Crippen LogP contribution in [-0.4, -0.2) is 25.9 Å². The van der Waals surface area contributed by atoms with Crippen molar-refractivity contribution in [2.24, 2.45) is 0 Å². The first-order valence-electron chi connectivity index (χ1n) is 7.56. The summed E-state index contributed by atoms with van der Waals surface area (Å²) in [6.45, 7) is 7.40. The SMILES string of the molecule is CNC1CCCc2ccc(OCCOC(C)(C)C)cc21. The standard InChI is InChI=1S/C17H27NO2/c1-17(2,3)20-11-10-19-14-9-8-13-6-5-7-16(18-4)15(13)12-14/h8-9,12,16,18H,5-7,10-11H2,1-4H3. The second-order valence-corrected chi connectivity index (χ2v) is 6.40. The molecule has 20 heavy (non-hydrogen) atoms. The predicted octanol–water partition coefficient (Wildman–Crippen LogP) is 3.48. The zero-order chi connectivity index (χ0) is 14.6. The lowest BCUT2D eigenvalue weighted by Crippen LogP contribution is -2.23. The van der Waals surface area contributed by atoms with Gasteiger partial charge in [-0.25, -0.2) is 0 Å². The normalized spacial score (nSPS) is 18.7. The zero-order valence-corrected chi connectivity index (χ0v) is 13.2. The summed E-state index contributed by atoms with van der Waals surface area (Å²) in [5.74, 6) is 0.948. The second kappa shape index (κ2) is 6.59. The molecule has 1 aliphatic rings. The summed E-state index contributed by atoms with van der Waals surface area (Å²) >= 11 is 0. The fourth-order valence-corrected chi connectivity index (χ4v) is 2.67. The van der Waals surface area contributed by atoms with E-state index in [9.17, 15) is 0 Å². The van der Waals surface area contributed by atoms with Crippen molar-refractivity contribution in [2.75, 3.05) is 20.3 Å². The molecule has 1 aromatic rings. The lowest BCUT2D eigenvalue weighted by molar-refractivity contribution is -0.0163. The van der Waals surface area contributed by atoms with E-state index < -0.39 is 0 Å². The number of hydrogen-bond acceptors (Lipinski definition) is 3. The third kappa shape index (κ3) is 4.22. The van der Waals surface area contributed by atoms with Gasteiger partial charge in [-0.1, -0.05) is 6.07 Å². The molecule has 0 radical (unpaired) electrons. The van der Waals surface area contributed by atoms with Crippen molar-refractivity contribution in [1.82, 2.24) is 5.32 Å². The van der Waals surface area contributed by atoms with E-state index in [0.29, 0.717) is 19.3 Å². The van der Waals surface area contributed by atoms with Crippen molar-refractivity contribution in [3.05, 3.63) is 29.3 Å². The molecule has 0 saturated heterocycles. The molecule has 0 saturated carbocycles. The maximum absolute atomic E-state index is 5.81. The fraction of sp³-hybridized carbons (Fsp3) is 0.647. The van der Waals surface area contributed by atoms with E-state index in [1.807, 2.05) is 7.05 Å². The molecule has 1 aromatic carbocycles. The van der Waals surface area contributed by atoms with Crippen molar-refractivity contribution < 1.29 is 9.47 Å². The number of fused-ring (bicyclic) bond motifs is 1. The van der Waals surface area contributed by atoms with Gasteiger partial charge < -0.3 is 14.8 Å². The average molecular weight is 277 g/mol. The molecule has 3 nitrogen and oxygen atoms in total. The molecule has 1 N–H and O–H groups in total. The van der Waals surface area contributed by atoms with Crippen molar-refractivity contribution in [3.63, 3.8) is 0 Å². The van der Waals surface area contributed by atoms with E-state index in [2.05, 4.69) is 44.3 Å². The molecule has 0 aliphatic heterocycles. The van der Waals surface area contributed by atoms with Gasteiger partial charge in [-0.15, -0.1) is 0 Å². The Balaban J connectivity index is 1.93. The number of ether oxygens (including phenoxy) is 2. The highest BCUT2D eigenvalue weighted by atomic mass is 16.5. The molecule has 1 atom stereocenters. The molecule has 0 bridgehead atoms. The van der Waals surface area contributed by atoms with Gasteiger partial charge in [0.1, 0.15) is 12.4 Å². The first-order valence-corrected chi connectivity index (χ1v) is 7.56. The topological polar surface area (TPSA) is 30.5 Å². The van der Waals surface area contributed by atoms with Crippen LogP contribution in [0.1, 0.15) is 50.8 Å². The predicted molar refractivity (Wildman–Crippen MR) is 82.4 cm³/mol. The number of aryl methyl sites for hydroxylation is 1. The van der Waals surface area contributed by atoms with Crippen LogP contribution >= 0.6 is 0 Å². The number of benzene rings is 1. The number of rotatable bonds is 5. The lowest BCUT2D eigenvalue weighted by atomic mass is 9.87. The van der Waals surface area contributed by atoms with Gasteiger partial charge in [-0.05, 0) is 70.3 Å². The van der Waals surface area contributed by atoms with Gasteiger partial charge in [0, 0.05) is 6.04 Å². The fourth-order valence-electron chi connectivity index (χ4n) is 2.67. The van der Waals surface area contributed by atoms with E-state index >= 15 is 0 Å². The van der Waals surface area contributed by atoms with Crippen LogP contribution in [-0.2, 0) is 11.2 Å². The molecule has 0 aromatic heterocycles. The van der Waals surface area contributed by atoms with Crippen molar-refractivity contribution in [2.45, 2.75) is 51.7 Å². The Labute approximate surface area is 122 Å². The Kier molecular flexibility index (Phi) is 5.06. The van der Waals surface area contributed by atoms with E-state index in [-0.39, 0.29) is 5.60 Å². The molecular formula is C17H27NO2. The summed E-state index contributed by atoms with van der Waals surface area (Å²) in [6, 6.07) is 6.94. The van der Waals surface area contributed by atoms with Crippen LogP contribution in [0, 0.1) is 0 Å². The van der Waals surface area contributed by atoms with Gasteiger partial charge in [0.15, 0.2) is 0 Å². The molecule has 112 valence electrons. The molecular weight excluding hydrogens is 250 g/mol. The van der Waals surface area contributed by atoms with Crippen LogP contribution in [0.2, 0.25) is 0 Å². The highest BCUT2D eigenvalue weighted by Crippen LogP contribution is 2.32.